The molecule has 0 N–H and O–H groups in total. The number of hydrogen-bond acceptors (Lipinski definition) is 7. The first-order valence-electron chi connectivity index (χ1n) is 12.1. The van der Waals surface area contributed by atoms with Crippen molar-refractivity contribution < 1.29 is 14.5 Å². The van der Waals surface area contributed by atoms with E-state index in [9.17, 15) is 19.7 Å². The number of anilines is 1. The molecule has 3 aromatic rings. The molecule has 2 fully saturated rings. The van der Waals surface area contributed by atoms with Crippen LogP contribution in [0.2, 0.25) is 0 Å². The summed E-state index contributed by atoms with van der Waals surface area (Å²) >= 11 is 0. The fraction of sp³-hybridized carbons (Fsp3) is 0.423. The number of Topliss-reactive ketones (excluding diaryl/α,β-unsaturated/α-hetero) is 1. The Morgan fingerprint density at radius 2 is 1.80 bits per heavy atom. The number of carbonyl (C=O) groups is 1. The van der Waals surface area contributed by atoms with Crippen molar-refractivity contribution in [3.8, 4) is 0 Å². The summed E-state index contributed by atoms with van der Waals surface area (Å²) in [5.74, 6) is 0.348. The number of hydrogen-bond donors (Lipinski definition) is 0. The Kier molecular flexibility index (Phi) is 6.59. The number of nitrogens with zero attached hydrogens (tertiary/aromatic N) is 4. The molecule has 5 rings (SSSR count). The molecule has 9 nitrogen and oxygen atoms in total. The number of nitro groups is 1. The predicted octanol–water partition coefficient (Wildman–Crippen LogP) is 4.07. The van der Waals surface area contributed by atoms with Gasteiger partial charge >= 0.3 is 0 Å². The molecule has 2 aliphatic rings. The molecule has 2 aromatic carbocycles. The predicted molar refractivity (Wildman–Crippen MR) is 132 cm³/mol. The van der Waals surface area contributed by atoms with Crippen molar-refractivity contribution >= 4 is 28.1 Å². The second kappa shape index (κ2) is 9.95. The first kappa shape index (κ1) is 23.2. The van der Waals surface area contributed by atoms with Crippen molar-refractivity contribution in [2.45, 2.75) is 44.6 Å². The van der Waals surface area contributed by atoms with Gasteiger partial charge in [0.2, 0.25) is 0 Å². The van der Waals surface area contributed by atoms with Crippen molar-refractivity contribution in [2.24, 2.45) is 0 Å². The average Bonchev–Trinajstić information content (AvgIpc) is 2.90. The van der Waals surface area contributed by atoms with E-state index in [1.54, 1.807) is 6.07 Å². The monoisotopic (exact) mass is 476 g/mol. The van der Waals surface area contributed by atoms with E-state index >= 15 is 0 Å². The zero-order chi connectivity index (χ0) is 24.4. The largest absolute Gasteiger partial charge is 0.378 e. The van der Waals surface area contributed by atoms with Crippen molar-refractivity contribution in [1.29, 1.82) is 0 Å². The van der Waals surface area contributed by atoms with Gasteiger partial charge in [0.1, 0.15) is 5.69 Å². The highest BCUT2D eigenvalue weighted by Gasteiger charge is 2.24. The van der Waals surface area contributed by atoms with Crippen molar-refractivity contribution in [2.75, 3.05) is 31.2 Å². The Labute approximate surface area is 202 Å². The highest BCUT2D eigenvalue weighted by atomic mass is 16.6. The third-order valence-electron chi connectivity index (χ3n) is 7.09. The van der Waals surface area contributed by atoms with Crippen LogP contribution in [0.5, 0.6) is 0 Å². The lowest BCUT2D eigenvalue weighted by atomic mass is 9.84. The van der Waals surface area contributed by atoms with E-state index < -0.39 is 10.5 Å². The molecule has 0 amide bonds. The third kappa shape index (κ3) is 4.81. The van der Waals surface area contributed by atoms with Gasteiger partial charge in [0.25, 0.3) is 11.2 Å². The molecular weight excluding hydrogens is 448 g/mol. The van der Waals surface area contributed by atoms with Gasteiger partial charge in [0, 0.05) is 24.7 Å². The van der Waals surface area contributed by atoms with E-state index in [2.05, 4.69) is 4.98 Å². The van der Waals surface area contributed by atoms with Crippen LogP contribution >= 0.6 is 0 Å². The normalized spacial score (nSPS) is 17.0. The molecule has 0 atom stereocenters. The van der Waals surface area contributed by atoms with E-state index in [-0.39, 0.29) is 23.4 Å². The minimum atomic E-state index is -0.486. The van der Waals surface area contributed by atoms with Crippen LogP contribution in [-0.2, 0) is 11.3 Å². The Morgan fingerprint density at radius 1 is 1.09 bits per heavy atom. The lowest BCUT2D eigenvalue weighted by Gasteiger charge is -2.28. The van der Waals surface area contributed by atoms with Crippen LogP contribution in [0.4, 0.5) is 11.4 Å². The Morgan fingerprint density at radius 3 is 2.49 bits per heavy atom. The molecule has 0 bridgehead atoms. The number of ether oxygens (including phenoxy) is 1. The minimum Gasteiger partial charge on any atom is -0.378 e. The molecule has 0 radical (unpaired) electrons. The average molecular weight is 477 g/mol. The first-order chi connectivity index (χ1) is 17.0. The smallest absolute Gasteiger partial charge is 0.293 e. The summed E-state index contributed by atoms with van der Waals surface area (Å²) in [5.41, 5.74) is 1.95. The summed E-state index contributed by atoms with van der Waals surface area (Å²) in [6.45, 7) is 1.83. The van der Waals surface area contributed by atoms with Crippen LogP contribution in [0, 0.1) is 10.1 Å². The second-order valence-corrected chi connectivity index (χ2v) is 9.27. The highest BCUT2D eigenvalue weighted by molar-refractivity contribution is 5.96. The number of benzene rings is 2. The molecule has 1 aliphatic heterocycles. The van der Waals surface area contributed by atoms with Crippen LogP contribution in [-0.4, -0.2) is 46.6 Å². The van der Waals surface area contributed by atoms with E-state index in [4.69, 9.17) is 4.74 Å². The molecule has 1 aliphatic carbocycles. The molecular formula is C26H28N4O5. The molecule has 0 spiro atoms. The maximum atomic E-state index is 13.1. The number of ketones is 1. The van der Waals surface area contributed by atoms with Gasteiger partial charge in [-0.1, -0.05) is 43.5 Å². The summed E-state index contributed by atoms with van der Waals surface area (Å²) in [7, 11) is 0. The van der Waals surface area contributed by atoms with Crippen LogP contribution in [0.3, 0.4) is 0 Å². The van der Waals surface area contributed by atoms with Crippen LogP contribution in [0.25, 0.3) is 10.9 Å². The number of morpholine rings is 1. The standard InChI is InChI=1S/C26H28N4O5/c31-25(20-8-6-19(7-9-20)18-4-2-1-3-5-18)16-29-17-27-22-15-23(28-10-12-35-13-11-28)24(30(33)34)14-21(22)26(29)32/h6-9,14-15,17-18H,1-5,10-13,16H2. The highest BCUT2D eigenvalue weighted by Crippen LogP contribution is 2.33. The molecule has 35 heavy (non-hydrogen) atoms. The first-order valence-corrected chi connectivity index (χ1v) is 12.1. The quantitative estimate of drug-likeness (QED) is 0.300. The summed E-state index contributed by atoms with van der Waals surface area (Å²) in [6, 6.07) is 10.5. The Hall–Kier alpha value is -3.59. The van der Waals surface area contributed by atoms with Crippen molar-refractivity contribution in [1.82, 2.24) is 9.55 Å². The van der Waals surface area contributed by atoms with Gasteiger partial charge in [0.05, 0.1) is 41.9 Å². The van der Waals surface area contributed by atoms with Crippen molar-refractivity contribution in [3.05, 3.63) is 74.3 Å². The zero-order valence-electron chi connectivity index (χ0n) is 19.5. The number of nitro benzene ring substituents is 1. The molecule has 0 unspecified atom stereocenters. The number of aromatic nitrogens is 2. The van der Waals surface area contributed by atoms with Gasteiger partial charge in [-0.05, 0) is 30.4 Å². The number of rotatable bonds is 6. The maximum Gasteiger partial charge on any atom is 0.293 e. The molecule has 1 saturated heterocycles. The van der Waals surface area contributed by atoms with Gasteiger partial charge in [-0.3, -0.25) is 24.3 Å². The maximum absolute atomic E-state index is 13.1. The summed E-state index contributed by atoms with van der Waals surface area (Å²) in [4.78, 5) is 43.6. The summed E-state index contributed by atoms with van der Waals surface area (Å²) < 4.78 is 6.56. The number of fused-ring (bicyclic) bond motifs is 1. The SMILES string of the molecule is O=C(Cn1cnc2cc(N3CCOCC3)c([N+](=O)[O-])cc2c1=O)c1ccc(C2CCCCC2)cc1. The van der Waals surface area contributed by atoms with Gasteiger partial charge in [-0.25, -0.2) is 4.98 Å². The van der Waals surface area contributed by atoms with E-state index in [1.165, 1.54) is 54.6 Å². The van der Waals surface area contributed by atoms with Gasteiger partial charge < -0.3 is 9.64 Å². The van der Waals surface area contributed by atoms with Crippen LogP contribution < -0.4 is 10.5 Å². The molecule has 9 heteroatoms. The minimum absolute atomic E-state index is 0.122. The lowest BCUT2D eigenvalue weighted by Crippen LogP contribution is -2.36. The van der Waals surface area contributed by atoms with E-state index in [1.807, 2.05) is 29.2 Å². The third-order valence-corrected chi connectivity index (χ3v) is 7.09. The van der Waals surface area contributed by atoms with Crippen molar-refractivity contribution in [3.63, 3.8) is 0 Å². The fourth-order valence-corrected chi connectivity index (χ4v) is 5.12. The van der Waals surface area contributed by atoms with Gasteiger partial charge in [-0.2, -0.15) is 0 Å². The second-order valence-electron chi connectivity index (χ2n) is 9.27. The fourth-order valence-electron chi connectivity index (χ4n) is 5.12. The molecule has 2 heterocycles. The molecule has 182 valence electrons. The summed E-state index contributed by atoms with van der Waals surface area (Å²) in [5, 5.41) is 11.9. The van der Waals surface area contributed by atoms with Gasteiger partial charge in [-0.15, -0.1) is 0 Å². The molecule has 1 saturated carbocycles. The van der Waals surface area contributed by atoms with E-state index in [0.29, 0.717) is 49.0 Å². The number of carbonyl (C=O) groups excluding carboxylic acids is 1. The molecule has 1 aromatic heterocycles. The van der Waals surface area contributed by atoms with Gasteiger partial charge in [0.15, 0.2) is 5.78 Å². The van der Waals surface area contributed by atoms with Crippen LogP contribution in [0.1, 0.15) is 53.9 Å². The Bertz CT molecular complexity index is 1310. The topological polar surface area (TPSA) is 108 Å². The zero-order valence-corrected chi connectivity index (χ0v) is 19.5. The van der Waals surface area contributed by atoms with E-state index in [0.717, 1.165) is 0 Å². The lowest BCUT2D eigenvalue weighted by molar-refractivity contribution is -0.384. The summed E-state index contributed by atoms with van der Waals surface area (Å²) in [6.07, 6.45) is 7.49. The van der Waals surface area contributed by atoms with Crippen LogP contribution in [0.15, 0.2) is 47.5 Å². The Balaban J connectivity index is 1.40.